The molecule has 0 aliphatic rings. The summed E-state index contributed by atoms with van der Waals surface area (Å²) in [6.45, 7) is 0.273. The normalized spacial score (nSPS) is 11.7. The summed E-state index contributed by atoms with van der Waals surface area (Å²) in [4.78, 5) is 2.00. The van der Waals surface area contributed by atoms with E-state index < -0.39 is 10.0 Å². The maximum atomic E-state index is 11.9. The molecule has 0 radical (unpaired) electrons. The third kappa shape index (κ3) is 5.02. The summed E-state index contributed by atoms with van der Waals surface area (Å²) < 4.78 is 26.5. The van der Waals surface area contributed by atoms with Gasteiger partial charge in [-0.2, -0.15) is 0 Å². The van der Waals surface area contributed by atoms with Gasteiger partial charge in [-0.3, -0.25) is 0 Å². The lowest BCUT2D eigenvalue weighted by Gasteiger charge is -2.12. The van der Waals surface area contributed by atoms with Gasteiger partial charge in [0, 0.05) is 31.7 Å². The quantitative estimate of drug-likeness (QED) is 0.891. The van der Waals surface area contributed by atoms with Crippen LogP contribution in [0, 0.1) is 0 Å². The van der Waals surface area contributed by atoms with Crippen molar-refractivity contribution in [2.75, 3.05) is 19.0 Å². The summed E-state index contributed by atoms with van der Waals surface area (Å²) in [6.07, 6.45) is 1.58. The summed E-state index contributed by atoms with van der Waals surface area (Å²) in [6, 6.07) is 17.1. The standard InChI is InChI=1S/C17H20N2O2S/c1-19(2)17-10-8-16(9-11-17)14-18-22(20,21)13-12-15-6-4-3-5-7-15/h3-13,18H,14H2,1-2H3/b13-12+. The largest absolute Gasteiger partial charge is 0.378 e. The minimum absolute atomic E-state index is 0.273. The molecule has 0 spiro atoms. The van der Waals surface area contributed by atoms with Gasteiger partial charge in [0.25, 0.3) is 0 Å². The number of rotatable bonds is 6. The lowest BCUT2D eigenvalue weighted by atomic mass is 10.2. The molecule has 0 bridgehead atoms. The maximum absolute atomic E-state index is 11.9. The van der Waals surface area contributed by atoms with Crippen LogP contribution in [0.2, 0.25) is 0 Å². The van der Waals surface area contributed by atoms with Crippen molar-refractivity contribution >= 4 is 21.8 Å². The Morgan fingerprint density at radius 1 is 1.00 bits per heavy atom. The zero-order valence-electron chi connectivity index (χ0n) is 12.7. The minimum atomic E-state index is -3.45. The lowest BCUT2D eigenvalue weighted by Crippen LogP contribution is -2.20. The number of anilines is 1. The van der Waals surface area contributed by atoms with Crippen LogP contribution in [-0.2, 0) is 16.6 Å². The molecule has 0 heterocycles. The summed E-state index contributed by atoms with van der Waals surface area (Å²) >= 11 is 0. The van der Waals surface area contributed by atoms with E-state index in [2.05, 4.69) is 4.72 Å². The monoisotopic (exact) mass is 316 g/mol. The van der Waals surface area contributed by atoms with Crippen molar-refractivity contribution in [3.63, 3.8) is 0 Å². The molecule has 0 fully saturated rings. The number of benzene rings is 2. The fourth-order valence-electron chi connectivity index (χ4n) is 1.88. The topological polar surface area (TPSA) is 49.4 Å². The molecule has 0 atom stereocenters. The van der Waals surface area contributed by atoms with Gasteiger partial charge in [0.2, 0.25) is 10.0 Å². The van der Waals surface area contributed by atoms with Crippen LogP contribution in [0.15, 0.2) is 60.0 Å². The third-order valence-electron chi connectivity index (χ3n) is 3.17. The zero-order valence-corrected chi connectivity index (χ0v) is 13.5. The van der Waals surface area contributed by atoms with E-state index in [1.165, 1.54) is 5.41 Å². The number of nitrogens with zero attached hydrogens (tertiary/aromatic N) is 1. The minimum Gasteiger partial charge on any atom is -0.378 e. The molecular formula is C17H20N2O2S. The van der Waals surface area contributed by atoms with Crippen LogP contribution in [0.5, 0.6) is 0 Å². The highest BCUT2D eigenvalue weighted by Gasteiger charge is 2.05. The van der Waals surface area contributed by atoms with Crippen molar-refractivity contribution in [3.8, 4) is 0 Å². The van der Waals surface area contributed by atoms with Crippen LogP contribution in [-0.4, -0.2) is 22.5 Å². The summed E-state index contributed by atoms with van der Waals surface area (Å²) in [5, 5.41) is 1.19. The molecule has 116 valence electrons. The van der Waals surface area contributed by atoms with Crippen molar-refractivity contribution in [1.29, 1.82) is 0 Å². The molecule has 22 heavy (non-hydrogen) atoms. The lowest BCUT2D eigenvalue weighted by molar-refractivity contribution is 0.591. The molecule has 0 unspecified atom stereocenters. The van der Waals surface area contributed by atoms with E-state index in [9.17, 15) is 8.42 Å². The molecule has 4 nitrogen and oxygen atoms in total. The Balaban J connectivity index is 1.96. The molecule has 5 heteroatoms. The third-order valence-corrected chi connectivity index (χ3v) is 4.21. The molecule has 1 N–H and O–H groups in total. The van der Waals surface area contributed by atoms with Gasteiger partial charge in [-0.15, -0.1) is 0 Å². The Morgan fingerprint density at radius 3 is 2.23 bits per heavy atom. The second-order valence-corrected chi connectivity index (χ2v) is 6.79. The van der Waals surface area contributed by atoms with Gasteiger partial charge in [-0.05, 0) is 29.3 Å². The second-order valence-electron chi connectivity index (χ2n) is 5.14. The van der Waals surface area contributed by atoms with Crippen LogP contribution in [0.1, 0.15) is 11.1 Å². The fourth-order valence-corrected chi connectivity index (χ4v) is 2.68. The van der Waals surface area contributed by atoms with E-state index in [1.54, 1.807) is 6.08 Å². The Morgan fingerprint density at radius 2 is 1.64 bits per heavy atom. The van der Waals surface area contributed by atoms with Crippen molar-refractivity contribution in [2.45, 2.75) is 6.54 Å². The van der Waals surface area contributed by atoms with Gasteiger partial charge in [-0.25, -0.2) is 13.1 Å². The summed E-state index contributed by atoms with van der Waals surface area (Å²) in [5.41, 5.74) is 2.85. The Labute approximate surface area is 132 Å². The first-order chi connectivity index (χ1) is 10.5. The summed E-state index contributed by atoms with van der Waals surface area (Å²) in [7, 11) is 0.483. The van der Waals surface area contributed by atoms with E-state index in [1.807, 2.05) is 73.6 Å². The molecule has 2 aromatic rings. The first-order valence-electron chi connectivity index (χ1n) is 6.95. The van der Waals surface area contributed by atoms with Gasteiger partial charge in [0.1, 0.15) is 0 Å². The average molecular weight is 316 g/mol. The van der Waals surface area contributed by atoms with E-state index in [0.29, 0.717) is 0 Å². The van der Waals surface area contributed by atoms with Gasteiger partial charge in [0.15, 0.2) is 0 Å². The maximum Gasteiger partial charge on any atom is 0.234 e. The van der Waals surface area contributed by atoms with Gasteiger partial charge < -0.3 is 4.90 Å². The first-order valence-corrected chi connectivity index (χ1v) is 8.50. The Bertz CT molecular complexity index is 721. The van der Waals surface area contributed by atoms with Crippen molar-refractivity contribution < 1.29 is 8.42 Å². The zero-order chi connectivity index (χ0) is 16.0. The highest BCUT2D eigenvalue weighted by atomic mass is 32.2. The summed E-state index contributed by atoms with van der Waals surface area (Å²) in [5.74, 6) is 0. The predicted octanol–water partition coefficient (Wildman–Crippen LogP) is 2.84. The first kappa shape index (κ1) is 16.3. The number of hydrogen-bond donors (Lipinski definition) is 1. The molecule has 2 aromatic carbocycles. The second kappa shape index (κ2) is 7.24. The molecule has 0 aromatic heterocycles. The SMILES string of the molecule is CN(C)c1ccc(CNS(=O)(=O)/C=C/c2ccccc2)cc1. The van der Waals surface area contributed by atoms with Crippen molar-refractivity contribution in [3.05, 3.63) is 71.1 Å². The molecule has 0 aliphatic carbocycles. The van der Waals surface area contributed by atoms with E-state index >= 15 is 0 Å². The molecule has 0 saturated carbocycles. The van der Waals surface area contributed by atoms with Crippen molar-refractivity contribution in [1.82, 2.24) is 4.72 Å². The van der Waals surface area contributed by atoms with Gasteiger partial charge >= 0.3 is 0 Å². The predicted molar refractivity (Wildman–Crippen MR) is 92.0 cm³/mol. The van der Waals surface area contributed by atoms with Crippen LogP contribution in [0.4, 0.5) is 5.69 Å². The smallest absolute Gasteiger partial charge is 0.234 e. The molecule has 2 rings (SSSR count). The number of sulfonamides is 1. The molecule has 0 amide bonds. The Kier molecular flexibility index (Phi) is 5.35. The van der Waals surface area contributed by atoms with Crippen LogP contribution in [0.25, 0.3) is 6.08 Å². The number of hydrogen-bond acceptors (Lipinski definition) is 3. The van der Waals surface area contributed by atoms with Crippen LogP contribution < -0.4 is 9.62 Å². The van der Waals surface area contributed by atoms with Crippen LogP contribution >= 0.6 is 0 Å². The Hall–Kier alpha value is -2.11. The van der Waals surface area contributed by atoms with E-state index in [4.69, 9.17) is 0 Å². The highest BCUT2D eigenvalue weighted by Crippen LogP contribution is 2.12. The fraction of sp³-hybridized carbons (Fsp3) is 0.176. The van der Waals surface area contributed by atoms with Gasteiger partial charge in [0.05, 0.1) is 0 Å². The van der Waals surface area contributed by atoms with Gasteiger partial charge in [-0.1, -0.05) is 42.5 Å². The van der Waals surface area contributed by atoms with E-state index in [0.717, 1.165) is 16.8 Å². The van der Waals surface area contributed by atoms with Crippen molar-refractivity contribution in [2.24, 2.45) is 0 Å². The highest BCUT2D eigenvalue weighted by molar-refractivity contribution is 7.92. The average Bonchev–Trinajstić information content (AvgIpc) is 2.53. The number of nitrogens with one attached hydrogen (secondary N) is 1. The molecule has 0 saturated heterocycles. The van der Waals surface area contributed by atoms with E-state index in [-0.39, 0.29) is 6.54 Å². The van der Waals surface area contributed by atoms with Crippen LogP contribution in [0.3, 0.4) is 0 Å². The molecular weight excluding hydrogens is 296 g/mol. The molecule has 0 aliphatic heterocycles.